The third-order valence-corrected chi connectivity index (χ3v) is 6.54. The first kappa shape index (κ1) is 22.9. The van der Waals surface area contributed by atoms with E-state index in [1.165, 1.54) is 0 Å². The van der Waals surface area contributed by atoms with E-state index >= 15 is 0 Å². The van der Waals surface area contributed by atoms with Gasteiger partial charge in [-0.25, -0.2) is 4.72 Å². The van der Waals surface area contributed by atoms with Crippen molar-refractivity contribution in [2.24, 2.45) is 12.0 Å². The Morgan fingerprint density at radius 2 is 1.84 bits per heavy atom. The minimum absolute atomic E-state index is 0.112. The molecule has 2 atom stereocenters. The molecule has 0 aliphatic carbocycles. The lowest BCUT2D eigenvalue weighted by Gasteiger charge is -2.16. The van der Waals surface area contributed by atoms with Gasteiger partial charge in [0.2, 0.25) is 0 Å². The smallest absolute Gasteiger partial charge is 0.250 e. The van der Waals surface area contributed by atoms with Crippen LogP contribution in [-0.4, -0.2) is 25.6 Å². The zero-order chi connectivity index (χ0) is 23.0. The number of hydrogen-bond donors (Lipinski definition) is 1. The van der Waals surface area contributed by atoms with E-state index in [9.17, 15) is 13.6 Å². The molecule has 0 bridgehead atoms. The molecule has 166 valence electrons. The second-order valence-corrected chi connectivity index (χ2v) is 9.22. The fraction of sp³-hybridized carbons (Fsp3) is 0.217. The topological polar surface area (TPSA) is 86.5 Å². The average molecular weight is 489 g/mol. The van der Waals surface area contributed by atoms with Crippen LogP contribution in [0.25, 0.3) is 11.1 Å². The van der Waals surface area contributed by atoms with Gasteiger partial charge in [-0.05, 0) is 54.3 Å². The molecular weight excluding hydrogens is 469 g/mol. The van der Waals surface area contributed by atoms with Crippen molar-refractivity contribution in [3.05, 3.63) is 91.3 Å². The molecule has 1 unspecified atom stereocenters. The van der Waals surface area contributed by atoms with Gasteiger partial charge in [0.1, 0.15) is 0 Å². The molecule has 3 aromatic rings. The number of nitrogens with one attached hydrogen (secondary N) is 1. The summed E-state index contributed by atoms with van der Waals surface area (Å²) in [6.07, 6.45) is 2.24. The number of benzene rings is 2. The van der Waals surface area contributed by atoms with Crippen molar-refractivity contribution >= 4 is 40.2 Å². The second kappa shape index (κ2) is 9.29. The molecule has 0 saturated heterocycles. The number of pyridine rings is 1. The molecule has 0 spiro atoms. The number of aliphatic imine (C=N–C) groups is 1. The van der Waals surface area contributed by atoms with Crippen molar-refractivity contribution in [1.29, 1.82) is 0 Å². The number of aromatic nitrogens is 1. The predicted octanol–water partition coefficient (Wildman–Crippen LogP) is 4.20. The maximum absolute atomic E-state index is 12.4. The number of hydrogen-bond acceptors (Lipinski definition) is 4. The Morgan fingerprint density at radius 3 is 2.53 bits per heavy atom. The molecule has 1 aromatic heterocycles. The third-order valence-electron chi connectivity index (χ3n) is 5.50. The van der Waals surface area contributed by atoms with Crippen LogP contribution in [0.15, 0.2) is 58.4 Å². The maximum Gasteiger partial charge on any atom is 0.250 e. The highest BCUT2D eigenvalue weighted by Crippen LogP contribution is 2.39. The first-order valence-corrected chi connectivity index (χ1v) is 11.8. The van der Waals surface area contributed by atoms with E-state index in [1.807, 2.05) is 49.5 Å². The average Bonchev–Trinajstić information content (AvgIpc) is 2.84. The second-order valence-electron chi connectivity index (χ2n) is 7.62. The van der Waals surface area contributed by atoms with Crippen LogP contribution >= 0.6 is 23.2 Å². The zero-order valence-electron chi connectivity index (χ0n) is 17.4. The van der Waals surface area contributed by atoms with E-state index in [0.717, 1.165) is 39.1 Å². The number of halogens is 2. The van der Waals surface area contributed by atoms with Gasteiger partial charge in [-0.1, -0.05) is 35.3 Å². The van der Waals surface area contributed by atoms with Gasteiger partial charge >= 0.3 is 0 Å². The van der Waals surface area contributed by atoms with Gasteiger partial charge in [-0.3, -0.25) is 14.0 Å². The van der Waals surface area contributed by atoms with Gasteiger partial charge in [0.15, 0.2) is 0 Å². The minimum atomic E-state index is -2.34. The van der Waals surface area contributed by atoms with E-state index in [0.29, 0.717) is 16.5 Å². The van der Waals surface area contributed by atoms with E-state index in [2.05, 4.69) is 4.72 Å². The summed E-state index contributed by atoms with van der Waals surface area (Å²) in [5, 5.41) is 1.14. The lowest BCUT2D eigenvalue weighted by molar-refractivity contribution is 0.523. The van der Waals surface area contributed by atoms with Gasteiger partial charge in [0, 0.05) is 63.9 Å². The maximum atomic E-state index is 12.4. The highest BCUT2D eigenvalue weighted by atomic mass is 35.5. The summed E-state index contributed by atoms with van der Waals surface area (Å²) < 4.78 is 25.6. The fourth-order valence-corrected chi connectivity index (χ4v) is 4.54. The SMILES string of the molecule is C[C@@H]1N=C(c2ccc(Cl)cc2)c2cc(Cl)c(CCNS(=O)[O-])cc2-c2cn(C)c(=O)cc21. The molecule has 0 fully saturated rings. The van der Waals surface area contributed by atoms with Crippen LogP contribution in [0.5, 0.6) is 0 Å². The largest absolute Gasteiger partial charge is 0.760 e. The van der Waals surface area contributed by atoms with Crippen LogP contribution in [0, 0.1) is 0 Å². The Balaban J connectivity index is 1.95. The Kier molecular flexibility index (Phi) is 6.65. The molecule has 1 aliphatic rings. The zero-order valence-corrected chi connectivity index (χ0v) is 19.7. The van der Waals surface area contributed by atoms with Gasteiger partial charge in [0.25, 0.3) is 5.56 Å². The van der Waals surface area contributed by atoms with Gasteiger partial charge in [-0.15, -0.1) is 0 Å². The quantitative estimate of drug-likeness (QED) is 0.546. The summed E-state index contributed by atoms with van der Waals surface area (Å²) in [6, 6.07) is 12.6. The Hall–Kier alpha value is -2.29. The number of aryl methyl sites for hydroxylation is 1. The molecule has 32 heavy (non-hydrogen) atoms. The summed E-state index contributed by atoms with van der Waals surface area (Å²) in [7, 11) is 1.71. The predicted molar refractivity (Wildman–Crippen MR) is 128 cm³/mol. The van der Waals surface area contributed by atoms with Crippen molar-refractivity contribution in [1.82, 2.24) is 9.29 Å². The first-order valence-electron chi connectivity index (χ1n) is 9.95. The van der Waals surface area contributed by atoms with Gasteiger partial charge in [-0.2, -0.15) is 0 Å². The minimum Gasteiger partial charge on any atom is -0.760 e. The van der Waals surface area contributed by atoms with E-state index in [4.69, 9.17) is 28.2 Å². The molecule has 6 nitrogen and oxygen atoms in total. The fourth-order valence-electron chi connectivity index (χ4n) is 3.88. The van der Waals surface area contributed by atoms with E-state index < -0.39 is 11.3 Å². The summed E-state index contributed by atoms with van der Waals surface area (Å²) in [5.41, 5.74) is 5.76. The normalized spacial score (nSPS) is 16.0. The third kappa shape index (κ3) is 4.58. The van der Waals surface area contributed by atoms with Crippen LogP contribution in [0.3, 0.4) is 0 Å². The summed E-state index contributed by atoms with van der Waals surface area (Å²) in [6.45, 7) is 2.18. The summed E-state index contributed by atoms with van der Waals surface area (Å²) >= 11 is 10.4. The molecule has 9 heteroatoms. The van der Waals surface area contributed by atoms with Crippen LogP contribution in [-0.2, 0) is 24.7 Å². The van der Waals surface area contributed by atoms with Crippen molar-refractivity contribution in [3.63, 3.8) is 0 Å². The van der Waals surface area contributed by atoms with E-state index in [-0.39, 0.29) is 18.1 Å². The number of fused-ring (bicyclic) bond motifs is 3. The van der Waals surface area contributed by atoms with Crippen LogP contribution in [0.2, 0.25) is 10.0 Å². The lowest BCUT2D eigenvalue weighted by atomic mass is 9.90. The van der Waals surface area contributed by atoms with Gasteiger partial charge < -0.3 is 9.12 Å². The van der Waals surface area contributed by atoms with Crippen LogP contribution in [0.4, 0.5) is 0 Å². The monoisotopic (exact) mass is 488 g/mol. The van der Waals surface area contributed by atoms with Crippen molar-refractivity contribution in [2.45, 2.75) is 19.4 Å². The Labute approximate surface area is 198 Å². The molecule has 1 aliphatic heterocycles. The molecule has 2 aromatic carbocycles. The highest BCUT2D eigenvalue weighted by molar-refractivity contribution is 7.77. The molecule has 4 rings (SSSR count). The highest BCUT2D eigenvalue weighted by Gasteiger charge is 2.25. The van der Waals surface area contributed by atoms with E-state index in [1.54, 1.807) is 17.7 Å². The number of rotatable bonds is 5. The molecular formula is C23H20Cl2N3O3S-. The molecule has 2 heterocycles. The molecule has 0 amide bonds. The van der Waals surface area contributed by atoms with Crippen molar-refractivity contribution in [2.75, 3.05) is 6.54 Å². The van der Waals surface area contributed by atoms with Gasteiger partial charge in [0.05, 0.1) is 11.8 Å². The summed E-state index contributed by atoms with van der Waals surface area (Å²) in [4.78, 5) is 17.3. The van der Waals surface area contributed by atoms with Crippen LogP contribution in [0.1, 0.15) is 35.2 Å². The molecule has 1 N–H and O–H groups in total. The Bertz CT molecular complexity index is 1300. The van der Waals surface area contributed by atoms with Crippen molar-refractivity contribution in [3.8, 4) is 11.1 Å². The van der Waals surface area contributed by atoms with Crippen molar-refractivity contribution < 1.29 is 8.76 Å². The summed E-state index contributed by atoms with van der Waals surface area (Å²) in [5.74, 6) is 0. The molecule has 0 saturated carbocycles. The first-order chi connectivity index (χ1) is 15.2. The molecule has 0 radical (unpaired) electrons. The lowest BCUT2D eigenvalue weighted by Crippen LogP contribution is -2.19. The standard InChI is InChI=1S/C23H21Cl2N3O3S/c1-13-17-11-22(29)28(2)12-20(17)18-9-15(7-8-26-32(30)31)21(25)10-19(18)23(27-13)14-3-5-16(24)6-4-14/h3-6,9-13,26H,7-8H2,1-2H3,(H,30,31)/p-1/t13-/m0/s1. The van der Waals surface area contributed by atoms with Crippen LogP contribution < -0.4 is 10.3 Å². The Morgan fingerprint density at radius 1 is 1.12 bits per heavy atom. The number of nitrogens with zero attached hydrogens (tertiary/aromatic N) is 2.